The second-order valence-corrected chi connectivity index (χ2v) is 6.58. The van der Waals surface area contributed by atoms with Gasteiger partial charge >= 0.3 is 0 Å². The molecule has 0 aromatic carbocycles. The maximum Gasteiger partial charge on any atom is 0.193 e. The molecule has 0 bridgehead atoms. The zero-order chi connectivity index (χ0) is 14.4. The van der Waals surface area contributed by atoms with E-state index < -0.39 is 0 Å². The van der Waals surface area contributed by atoms with Crippen LogP contribution < -0.4 is 5.32 Å². The average molecular weight is 280 g/mol. The third kappa shape index (κ3) is 4.37. The Bertz CT molecular complexity index is 316. The molecular formula is C16H32N4. The van der Waals surface area contributed by atoms with Crippen LogP contribution in [-0.4, -0.2) is 62.1 Å². The molecule has 1 N–H and O–H groups in total. The fourth-order valence-corrected chi connectivity index (χ4v) is 3.55. The second-order valence-electron chi connectivity index (χ2n) is 6.58. The smallest absolute Gasteiger partial charge is 0.193 e. The number of nitrogens with zero attached hydrogens (tertiary/aromatic N) is 3. The van der Waals surface area contributed by atoms with E-state index in [1.165, 1.54) is 45.3 Å². The molecule has 0 aliphatic carbocycles. The van der Waals surface area contributed by atoms with Crippen LogP contribution >= 0.6 is 0 Å². The van der Waals surface area contributed by atoms with Gasteiger partial charge in [-0.25, -0.2) is 0 Å². The zero-order valence-corrected chi connectivity index (χ0v) is 13.6. The van der Waals surface area contributed by atoms with Crippen molar-refractivity contribution in [2.24, 2.45) is 16.8 Å². The fourth-order valence-electron chi connectivity index (χ4n) is 3.55. The topological polar surface area (TPSA) is 30.9 Å². The van der Waals surface area contributed by atoms with Crippen LogP contribution in [-0.2, 0) is 0 Å². The van der Waals surface area contributed by atoms with Crippen molar-refractivity contribution in [3.8, 4) is 0 Å². The van der Waals surface area contributed by atoms with E-state index in [0.717, 1.165) is 37.4 Å². The van der Waals surface area contributed by atoms with Gasteiger partial charge in [-0.05, 0) is 50.6 Å². The third-order valence-electron chi connectivity index (χ3n) is 4.63. The summed E-state index contributed by atoms with van der Waals surface area (Å²) in [6.07, 6.45) is 5.27. The van der Waals surface area contributed by atoms with Gasteiger partial charge in [0.05, 0.1) is 0 Å². The number of likely N-dealkylation sites (tertiary alicyclic amines) is 2. The summed E-state index contributed by atoms with van der Waals surface area (Å²) in [5, 5.41) is 3.61. The lowest BCUT2D eigenvalue weighted by molar-refractivity contribution is 0.264. The van der Waals surface area contributed by atoms with Crippen molar-refractivity contribution >= 4 is 5.96 Å². The molecule has 20 heavy (non-hydrogen) atoms. The highest BCUT2D eigenvalue weighted by atomic mass is 15.3. The number of rotatable bonds is 4. The van der Waals surface area contributed by atoms with Crippen LogP contribution in [0.4, 0.5) is 0 Å². The minimum Gasteiger partial charge on any atom is -0.356 e. The molecule has 4 nitrogen and oxygen atoms in total. The summed E-state index contributed by atoms with van der Waals surface area (Å²) in [7, 11) is 1.92. The van der Waals surface area contributed by atoms with Gasteiger partial charge in [-0.1, -0.05) is 13.8 Å². The summed E-state index contributed by atoms with van der Waals surface area (Å²) in [5.74, 6) is 2.71. The molecule has 0 aromatic rings. The van der Waals surface area contributed by atoms with Crippen molar-refractivity contribution in [1.29, 1.82) is 0 Å². The Balaban J connectivity index is 1.74. The summed E-state index contributed by atoms with van der Waals surface area (Å²) in [5.41, 5.74) is 0. The third-order valence-corrected chi connectivity index (χ3v) is 4.63. The van der Waals surface area contributed by atoms with Crippen LogP contribution in [0.25, 0.3) is 0 Å². The summed E-state index contributed by atoms with van der Waals surface area (Å²) >= 11 is 0. The highest BCUT2D eigenvalue weighted by Crippen LogP contribution is 2.17. The van der Waals surface area contributed by atoms with E-state index in [0.29, 0.717) is 0 Å². The molecule has 0 radical (unpaired) electrons. The molecule has 0 spiro atoms. The van der Waals surface area contributed by atoms with E-state index in [9.17, 15) is 0 Å². The summed E-state index contributed by atoms with van der Waals surface area (Å²) in [6.45, 7) is 11.8. The summed E-state index contributed by atoms with van der Waals surface area (Å²) in [4.78, 5) is 9.51. The van der Waals surface area contributed by atoms with Crippen LogP contribution in [0.5, 0.6) is 0 Å². The molecule has 2 unspecified atom stereocenters. The van der Waals surface area contributed by atoms with Gasteiger partial charge in [0.1, 0.15) is 0 Å². The van der Waals surface area contributed by atoms with Crippen LogP contribution in [0, 0.1) is 11.8 Å². The highest BCUT2D eigenvalue weighted by Gasteiger charge is 2.23. The molecular weight excluding hydrogens is 248 g/mol. The SMILES string of the molecule is CCCN1CCC(CNC(=NC)N2CCCC(C)C2)C1. The molecule has 0 saturated carbocycles. The van der Waals surface area contributed by atoms with Crippen molar-refractivity contribution in [2.75, 3.05) is 46.3 Å². The van der Waals surface area contributed by atoms with Gasteiger partial charge in [-0.3, -0.25) is 4.99 Å². The van der Waals surface area contributed by atoms with E-state index >= 15 is 0 Å². The zero-order valence-electron chi connectivity index (χ0n) is 13.6. The minimum absolute atomic E-state index is 0.792. The van der Waals surface area contributed by atoms with E-state index in [4.69, 9.17) is 0 Å². The lowest BCUT2D eigenvalue weighted by Crippen LogP contribution is -2.47. The number of hydrogen-bond acceptors (Lipinski definition) is 2. The lowest BCUT2D eigenvalue weighted by atomic mass is 10.0. The monoisotopic (exact) mass is 280 g/mol. The standard InChI is InChI=1S/C16H32N4/c1-4-8-19-10-7-15(13-19)11-18-16(17-3)20-9-5-6-14(2)12-20/h14-15H,4-13H2,1-3H3,(H,17,18). The fraction of sp³-hybridized carbons (Fsp3) is 0.938. The van der Waals surface area contributed by atoms with Crippen molar-refractivity contribution in [3.63, 3.8) is 0 Å². The summed E-state index contributed by atoms with van der Waals surface area (Å²) < 4.78 is 0. The van der Waals surface area contributed by atoms with Crippen LogP contribution in [0.15, 0.2) is 4.99 Å². The Morgan fingerprint density at radius 2 is 2.10 bits per heavy atom. The van der Waals surface area contributed by atoms with Gasteiger partial charge in [-0.2, -0.15) is 0 Å². The van der Waals surface area contributed by atoms with E-state index in [-0.39, 0.29) is 0 Å². The summed E-state index contributed by atoms with van der Waals surface area (Å²) in [6, 6.07) is 0. The number of guanidine groups is 1. The Labute approximate surface area is 124 Å². The van der Waals surface area contributed by atoms with Crippen LogP contribution in [0.3, 0.4) is 0 Å². The van der Waals surface area contributed by atoms with E-state index in [1.807, 2.05) is 7.05 Å². The van der Waals surface area contributed by atoms with Gasteiger partial charge in [0.25, 0.3) is 0 Å². The van der Waals surface area contributed by atoms with Gasteiger partial charge in [0, 0.05) is 33.2 Å². The quantitative estimate of drug-likeness (QED) is 0.631. The van der Waals surface area contributed by atoms with Crippen molar-refractivity contribution in [1.82, 2.24) is 15.1 Å². The Morgan fingerprint density at radius 1 is 1.25 bits per heavy atom. The maximum absolute atomic E-state index is 4.48. The van der Waals surface area contributed by atoms with Crippen molar-refractivity contribution in [3.05, 3.63) is 0 Å². The highest BCUT2D eigenvalue weighted by molar-refractivity contribution is 5.80. The van der Waals surface area contributed by atoms with E-state index in [1.54, 1.807) is 0 Å². The van der Waals surface area contributed by atoms with Crippen LogP contribution in [0.1, 0.15) is 39.5 Å². The number of aliphatic imine (C=N–C) groups is 1. The molecule has 2 atom stereocenters. The Kier molecular flexibility index (Phi) is 6.14. The molecule has 0 aromatic heterocycles. The number of hydrogen-bond donors (Lipinski definition) is 1. The normalized spacial score (nSPS) is 28.9. The maximum atomic E-state index is 4.48. The second kappa shape index (κ2) is 7.87. The predicted octanol–water partition coefficient (Wildman–Crippen LogP) is 2.03. The lowest BCUT2D eigenvalue weighted by Gasteiger charge is -2.34. The van der Waals surface area contributed by atoms with Gasteiger partial charge < -0.3 is 15.1 Å². The van der Waals surface area contributed by atoms with Crippen molar-refractivity contribution < 1.29 is 0 Å². The Morgan fingerprint density at radius 3 is 2.80 bits per heavy atom. The molecule has 2 aliphatic rings. The Hall–Kier alpha value is -0.770. The first-order valence-electron chi connectivity index (χ1n) is 8.40. The molecule has 116 valence electrons. The molecule has 2 rings (SSSR count). The molecule has 4 heteroatoms. The number of piperidine rings is 1. The predicted molar refractivity (Wildman–Crippen MR) is 86.2 cm³/mol. The van der Waals surface area contributed by atoms with E-state index in [2.05, 4.69) is 34.0 Å². The average Bonchev–Trinajstić information content (AvgIpc) is 2.88. The van der Waals surface area contributed by atoms with Crippen molar-refractivity contribution in [2.45, 2.75) is 39.5 Å². The van der Waals surface area contributed by atoms with Crippen LogP contribution in [0.2, 0.25) is 0 Å². The molecule has 2 fully saturated rings. The van der Waals surface area contributed by atoms with Gasteiger partial charge in [-0.15, -0.1) is 0 Å². The molecule has 2 saturated heterocycles. The van der Waals surface area contributed by atoms with Gasteiger partial charge in [0.2, 0.25) is 0 Å². The first kappa shape index (κ1) is 15.6. The first-order valence-corrected chi connectivity index (χ1v) is 8.40. The molecule has 0 amide bonds. The largest absolute Gasteiger partial charge is 0.356 e. The molecule has 2 aliphatic heterocycles. The minimum atomic E-state index is 0.792. The van der Waals surface area contributed by atoms with Gasteiger partial charge in [0.15, 0.2) is 5.96 Å². The number of nitrogens with one attached hydrogen (secondary N) is 1. The first-order chi connectivity index (χ1) is 9.72. The molecule has 2 heterocycles.